The van der Waals surface area contributed by atoms with E-state index in [4.69, 9.17) is 0 Å². The quantitative estimate of drug-likeness (QED) is 0.773. The van der Waals surface area contributed by atoms with E-state index in [0.717, 1.165) is 24.8 Å². The smallest absolute Gasteiger partial charge is 0.0552 e. The largest absolute Gasteiger partial charge is 0.370 e. The first kappa shape index (κ1) is 18.2. The number of hydrogen-bond acceptors (Lipinski definition) is 3. The molecule has 0 amide bonds. The minimum absolute atomic E-state index is 0.714. The standard InChI is InChI=1S/C25H33N3/c1-19-5-8-25(18-26-19)28-14-10-21(11-15-28)22-7-6-20-9-13-27(24-3-2-4-24)16-12-23(20)17-22/h5-8,17-18,21,24H,2-4,9-16H2,1H3. The van der Waals surface area contributed by atoms with Crippen LogP contribution in [0.5, 0.6) is 0 Å². The van der Waals surface area contributed by atoms with E-state index in [1.54, 1.807) is 16.7 Å². The highest BCUT2D eigenvalue weighted by molar-refractivity contribution is 5.45. The Morgan fingerprint density at radius 3 is 2.32 bits per heavy atom. The van der Waals surface area contributed by atoms with E-state index < -0.39 is 0 Å². The van der Waals surface area contributed by atoms with Crippen molar-refractivity contribution < 1.29 is 0 Å². The van der Waals surface area contributed by atoms with E-state index in [1.807, 2.05) is 6.20 Å². The lowest BCUT2D eigenvalue weighted by Crippen LogP contribution is -2.41. The molecule has 2 aromatic rings. The van der Waals surface area contributed by atoms with Crippen molar-refractivity contribution in [1.29, 1.82) is 0 Å². The molecule has 148 valence electrons. The van der Waals surface area contributed by atoms with Crippen molar-refractivity contribution >= 4 is 5.69 Å². The highest BCUT2D eigenvalue weighted by Gasteiger charge is 2.27. The molecule has 3 aliphatic rings. The number of pyridine rings is 1. The first-order valence-corrected chi connectivity index (χ1v) is 11.3. The van der Waals surface area contributed by atoms with Gasteiger partial charge in [-0.2, -0.15) is 0 Å². The number of hydrogen-bond donors (Lipinski definition) is 0. The van der Waals surface area contributed by atoms with Crippen molar-refractivity contribution in [1.82, 2.24) is 9.88 Å². The Morgan fingerprint density at radius 1 is 0.857 bits per heavy atom. The fourth-order valence-corrected chi connectivity index (χ4v) is 5.25. The molecular formula is C25H33N3. The van der Waals surface area contributed by atoms with Crippen LogP contribution in [0.15, 0.2) is 36.5 Å². The summed E-state index contributed by atoms with van der Waals surface area (Å²) in [6, 6.07) is 12.7. The number of aryl methyl sites for hydroxylation is 1. The highest BCUT2D eigenvalue weighted by atomic mass is 15.2. The van der Waals surface area contributed by atoms with Crippen molar-refractivity contribution in [2.24, 2.45) is 0 Å². The Hall–Kier alpha value is -1.87. The van der Waals surface area contributed by atoms with Gasteiger partial charge in [-0.25, -0.2) is 0 Å². The summed E-state index contributed by atoms with van der Waals surface area (Å²) >= 11 is 0. The minimum atomic E-state index is 0.714. The van der Waals surface area contributed by atoms with E-state index in [2.05, 4.69) is 52.0 Å². The summed E-state index contributed by atoms with van der Waals surface area (Å²) < 4.78 is 0. The van der Waals surface area contributed by atoms with E-state index >= 15 is 0 Å². The van der Waals surface area contributed by atoms with Crippen molar-refractivity contribution in [3.8, 4) is 0 Å². The predicted octanol–water partition coefficient (Wildman–Crippen LogP) is 4.73. The summed E-state index contributed by atoms with van der Waals surface area (Å²) in [6.45, 7) is 6.86. The Kier molecular flexibility index (Phi) is 5.11. The highest BCUT2D eigenvalue weighted by Crippen LogP contribution is 2.33. The van der Waals surface area contributed by atoms with Crippen molar-refractivity contribution in [3.05, 3.63) is 58.9 Å². The van der Waals surface area contributed by atoms with Crippen molar-refractivity contribution in [2.75, 3.05) is 31.1 Å². The van der Waals surface area contributed by atoms with Crippen LogP contribution in [-0.4, -0.2) is 42.1 Å². The fraction of sp³-hybridized carbons (Fsp3) is 0.560. The maximum absolute atomic E-state index is 4.47. The molecule has 1 aromatic heterocycles. The Morgan fingerprint density at radius 2 is 1.64 bits per heavy atom. The molecule has 28 heavy (non-hydrogen) atoms. The van der Waals surface area contributed by atoms with Crippen molar-refractivity contribution in [3.63, 3.8) is 0 Å². The molecule has 3 nitrogen and oxygen atoms in total. The Bertz CT molecular complexity index is 801. The zero-order valence-corrected chi connectivity index (χ0v) is 17.2. The summed E-state index contributed by atoms with van der Waals surface area (Å²) in [7, 11) is 0. The number of piperidine rings is 1. The van der Waals surface area contributed by atoms with Crippen LogP contribution in [0.2, 0.25) is 0 Å². The summed E-state index contributed by atoms with van der Waals surface area (Å²) in [4.78, 5) is 9.74. The lowest BCUT2D eigenvalue weighted by atomic mass is 9.86. The van der Waals surface area contributed by atoms with Gasteiger partial charge in [-0.15, -0.1) is 0 Å². The van der Waals surface area contributed by atoms with Gasteiger partial charge in [-0.1, -0.05) is 24.6 Å². The lowest BCUT2D eigenvalue weighted by molar-refractivity contribution is 0.133. The van der Waals surface area contributed by atoms with Crippen molar-refractivity contribution in [2.45, 2.75) is 63.8 Å². The van der Waals surface area contributed by atoms with Gasteiger partial charge in [0.05, 0.1) is 11.9 Å². The Labute approximate surface area is 169 Å². The van der Waals surface area contributed by atoms with E-state index in [9.17, 15) is 0 Å². The third-order valence-corrected chi connectivity index (χ3v) is 7.39. The predicted molar refractivity (Wildman–Crippen MR) is 116 cm³/mol. The second-order valence-corrected chi connectivity index (χ2v) is 9.07. The van der Waals surface area contributed by atoms with Gasteiger partial charge in [0, 0.05) is 37.9 Å². The van der Waals surface area contributed by atoms with Crippen LogP contribution in [0.3, 0.4) is 0 Å². The molecule has 3 heteroatoms. The molecule has 0 N–H and O–H groups in total. The van der Waals surface area contributed by atoms with E-state index in [0.29, 0.717) is 5.92 Å². The Balaban J connectivity index is 1.23. The number of benzene rings is 1. The molecule has 0 spiro atoms. The molecule has 0 atom stereocenters. The number of aromatic nitrogens is 1. The van der Waals surface area contributed by atoms with Crippen LogP contribution in [0.4, 0.5) is 5.69 Å². The summed E-state index contributed by atoms with van der Waals surface area (Å²) in [6.07, 6.45) is 11.3. The molecule has 1 saturated heterocycles. The number of nitrogens with zero attached hydrogens (tertiary/aromatic N) is 3. The molecule has 1 saturated carbocycles. The van der Waals surface area contributed by atoms with Crippen LogP contribution in [0.1, 0.15) is 60.4 Å². The lowest BCUT2D eigenvalue weighted by Gasteiger charge is -2.36. The molecular weight excluding hydrogens is 342 g/mol. The number of rotatable bonds is 3. The topological polar surface area (TPSA) is 19.4 Å². The molecule has 2 aliphatic heterocycles. The van der Waals surface area contributed by atoms with E-state index in [-0.39, 0.29) is 0 Å². The maximum atomic E-state index is 4.47. The third kappa shape index (κ3) is 3.69. The van der Waals surface area contributed by atoms with Crippen LogP contribution in [-0.2, 0) is 12.8 Å². The molecule has 0 unspecified atom stereocenters. The van der Waals surface area contributed by atoms with Gasteiger partial charge in [0.1, 0.15) is 0 Å². The van der Waals surface area contributed by atoms with Gasteiger partial charge >= 0.3 is 0 Å². The molecule has 1 aliphatic carbocycles. The first-order chi connectivity index (χ1) is 13.8. The first-order valence-electron chi connectivity index (χ1n) is 11.3. The molecule has 5 rings (SSSR count). The number of fused-ring (bicyclic) bond motifs is 1. The van der Waals surface area contributed by atoms with Gasteiger partial charge in [-0.05, 0) is 80.2 Å². The monoisotopic (exact) mass is 375 g/mol. The van der Waals surface area contributed by atoms with Gasteiger partial charge in [0.2, 0.25) is 0 Å². The molecule has 3 heterocycles. The minimum Gasteiger partial charge on any atom is -0.370 e. The summed E-state index contributed by atoms with van der Waals surface area (Å²) in [5.41, 5.74) is 7.19. The second kappa shape index (κ2) is 7.87. The average molecular weight is 376 g/mol. The fourth-order valence-electron chi connectivity index (χ4n) is 5.25. The van der Waals surface area contributed by atoms with Gasteiger partial charge in [0.15, 0.2) is 0 Å². The average Bonchev–Trinajstić information content (AvgIpc) is 2.90. The van der Waals surface area contributed by atoms with Crippen LogP contribution in [0.25, 0.3) is 0 Å². The number of anilines is 1. The van der Waals surface area contributed by atoms with Gasteiger partial charge in [-0.3, -0.25) is 9.88 Å². The molecule has 1 aromatic carbocycles. The van der Waals surface area contributed by atoms with Crippen LogP contribution >= 0.6 is 0 Å². The molecule has 0 bridgehead atoms. The maximum Gasteiger partial charge on any atom is 0.0552 e. The zero-order valence-electron chi connectivity index (χ0n) is 17.2. The SMILES string of the molecule is Cc1ccc(N2CCC(c3ccc4c(c3)CCN(C3CCC3)CC4)CC2)cn1. The zero-order chi connectivity index (χ0) is 18.9. The molecule has 0 radical (unpaired) electrons. The summed E-state index contributed by atoms with van der Waals surface area (Å²) in [5.74, 6) is 0.714. The normalized spacial score (nSPS) is 21.8. The van der Waals surface area contributed by atoms with E-state index in [1.165, 1.54) is 63.7 Å². The molecule has 2 fully saturated rings. The summed E-state index contributed by atoms with van der Waals surface area (Å²) in [5, 5.41) is 0. The second-order valence-electron chi connectivity index (χ2n) is 9.07. The van der Waals surface area contributed by atoms with Crippen LogP contribution < -0.4 is 4.90 Å². The van der Waals surface area contributed by atoms with Crippen LogP contribution in [0, 0.1) is 6.92 Å². The van der Waals surface area contributed by atoms with Gasteiger partial charge in [0.25, 0.3) is 0 Å². The van der Waals surface area contributed by atoms with Gasteiger partial charge < -0.3 is 4.90 Å². The third-order valence-electron chi connectivity index (χ3n) is 7.39.